The van der Waals surface area contributed by atoms with Crippen LogP contribution >= 0.6 is 0 Å². The zero-order chi connectivity index (χ0) is 13.2. The van der Waals surface area contributed by atoms with Gasteiger partial charge in [0.25, 0.3) is 0 Å². The predicted octanol–water partition coefficient (Wildman–Crippen LogP) is 4.75. The molecule has 0 spiro atoms. The summed E-state index contributed by atoms with van der Waals surface area (Å²) in [6.07, 6.45) is 12.3. The van der Waals surface area contributed by atoms with Crippen molar-refractivity contribution in [2.24, 2.45) is 29.4 Å². The van der Waals surface area contributed by atoms with Crippen LogP contribution in [0.25, 0.3) is 0 Å². The summed E-state index contributed by atoms with van der Waals surface area (Å²) < 4.78 is 0. The van der Waals surface area contributed by atoms with E-state index in [0.29, 0.717) is 0 Å². The van der Waals surface area contributed by atoms with Crippen LogP contribution in [-0.4, -0.2) is 5.54 Å². The highest BCUT2D eigenvalue weighted by Crippen LogP contribution is 2.43. The average Bonchev–Trinajstić information content (AvgIpc) is 2.51. The Morgan fingerprint density at radius 2 is 1.67 bits per heavy atom. The molecule has 0 aromatic heterocycles. The topological polar surface area (TPSA) is 26.0 Å². The van der Waals surface area contributed by atoms with Crippen molar-refractivity contribution in [2.45, 2.75) is 84.1 Å². The highest BCUT2D eigenvalue weighted by Gasteiger charge is 2.39. The fourth-order valence-electron chi connectivity index (χ4n) is 4.69. The molecule has 2 saturated carbocycles. The van der Waals surface area contributed by atoms with Crippen LogP contribution in [0.2, 0.25) is 0 Å². The van der Waals surface area contributed by atoms with E-state index >= 15 is 0 Å². The molecular weight excluding hydrogens is 218 g/mol. The van der Waals surface area contributed by atoms with Crippen molar-refractivity contribution in [3.05, 3.63) is 0 Å². The van der Waals surface area contributed by atoms with E-state index in [-0.39, 0.29) is 5.54 Å². The monoisotopic (exact) mass is 251 g/mol. The minimum atomic E-state index is 0.173. The van der Waals surface area contributed by atoms with Crippen LogP contribution in [0.4, 0.5) is 0 Å². The van der Waals surface area contributed by atoms with Crippen LogP contribution in [0.15, 0.2) is 0 Å². The third-order valence-electron chi connectivity index (χ3n) is 5.84. The molecule has 1 nitrogen and oxygen atoms in total. The summed E-state index contributed by atoms with van der Waals surface area (Å²) in [4.78, 5) is 0. The number of hydrogen-bond donors (Lipinski definition) is 1. The van der Waals surface area contributed by atoms with Gasteiger partial charge in [0.15, 0.2) is 0 Å². The molecule has 2 aliphatic carbocycles. The first-order valence-electron chi connectivity index (χ1n) is 8.32. The Morgan fingerprint density at radius 1 is 1.00 bits per heavy atom. The third-order valence-corrected chi connectivity index (χ3v) is 5.84. The Kier molecular flexibility index (Phi) is 4.75. The first-order valence-corrected chi connectivity index (χ1v) is 8.32. The Balaban J connectivity index is 2.01. The second-order valence-electron chi connectivity index (χ2n) is 7.55. The van der Waals surface area contributed by atoms with Crippen LogP contribution in [0.1, 0.15) is 78.6 Å². The zero-order valence-electron chi connectivity index (χ0n) is 12.8. The van der Waals surface area contributed by atoms with E-state index in [9.17, 15) is 0 Å². The second kappa shape index (κ2) is 5.94. The van der Waals surface area contributed by atoms with E-state index in [1.165, 1.54) is 57.8 Å². The Labute approximate surface area is 114 Å². The van der Waals surface area contributed by atoms with Gasteiger partial charge in [0.2, 0.25) is 0 Å². The van der Waals surface area contributed by atoms with Crippen LogP contribution in [-0.2, 0) is 0 Å². The van der Waals surface area contributed by atoms with Crippen molar-refractivity contribution in [1.29, 1.82) is 0 Å². The lowest BCUT2D eigenvalue weighted by molar-refractivity contribution is 0.121. The van der Waals surface area contributed by atoms with Crippen molar-refractivity contribution >= 4 is 0 Å². The standard InChI is InChI=1S/C17H33N/c1-4-15-6-5-8-17(18,9-7-15)16-11-13(2)10-14(3)12-16/h13-16H,4-12,18H2,1-3H3. The highest BCUT2D eigenvalue weighted by molar-refractivity contribution is 4.96. The van der Waals surface area contributed by atoms with Gasteiger partial charge in [0.05, 0.1) is 0 Å². The number of nitrogens with two attached hydrogens (primary N) is 1. The van der Waals surface area contributed by atoms with Gasteiger partial charge in [-0.2, -0.15) is 0 Å². The van der Waals surface area contributed by atoms with Crippen molar-refractivity contribution < 1.29 is 0 Å². The summed E-state index contributed by atoms with van der Waals surface area (Å²) in [7, 11) is 0. The Bertz CT molecular complexity index is 252. The van der Waals surface area contributed by atoms with Crippen LogP contribution in [0.5, 0.6) is 0 Å². The van der Waals surface area contributed by atoms with E-state index < -0.39 is 0 Å². The van der Waals surface area contributed by atoms with Gasteiger partial charge in [-0.1, -0.05) is 40.0 Å². The van der Waals surface area contributed by atoms with E-state index in [4.69, 9.17) is 5.73 Å². The lowest BCUT2D eigenvalue weighted by Gasteiger charge is -2.43. The molecule has 0 amide bonds. The predicted molar refractivity (Wildman–Crippen MR) is 79.5 cm³/mol. The van der Waals surface area contributed by atoms with Crippen molar-refractivity contribution in [3.8, 4) is 0 Å². The van der Waals surface area contributed by atoms with Crippen LogP contribution in [0, 0.1) is 23.7 Å². The van der Waals surface area contributed by atoms with Gasteiger partial charge in [-0.3, -0.25) is 0 Å². The van der Waals surface area contributed by atoms with E-state index in [1.807, 2.05) is 0 Å². The number of hydrogen-bond acceptors (Lipinski definition) is 1. The first kappa shape index (κ1) is 14.4. The van der Waals surface area contributed by atoms with Gasteiger partial charge in [-0.25, -0.2) is 0 Å². The molecule has 0 bridgehead atoms. The summed E-state index contributed by atoms with van der Waals surface area (Å²) >= 11 is 0. The molecule has 0 saturated heterocycles. The molecule has 2 N–H and O–H groups in total. The molecule has 2 rings (SSSR count). The third kappa shape index (κ3) is 3.29. The van der Waals surface area contributed by atoms with Crippen LogP contribution in [0.3, 0.4) is 0 Å². The fraction of sp³-hybridized carbons (Fsp3) is 1.00. The normalized spacial score (nSPS) is 46.7. The molecule has 0 heterocycles. The van der Waals surface area contributed by atoms with Crippen molar-refractivity contribution in [1.82, 2.24) is 0 Å². The highest BCUT2D eigenvalue weighted by atomic mass is 14.8. The largest absolute Gasteiger partial charge is 0.325 e. The van der Waals surface area contributed by atoms with Crippen molar-refractivity contribution in [2.75, 3.05) is 0 Å². The van der Waals surface area contributed by atoms with Gasteiger partial charge in [-0.05, 0) is 62.2 Å². The maximum Gasteiger partial charge on any atom is 0.0183 e. The van der Waals surface area contributed by atoms with Gasteiger partial charge in [0.1, 0.15) is 0 Å². The molecule has 0 radical (unpaired) electrons. The molecule has 2 aliphatic rings. The maximum atomic E-state index is 6.88. The molecule has 0 aliphatic heterocycles. The summed E-state index contributed by atoms with van der Waals surface area (Å²) in [6, 6.07) is 0. The molecular formula is C17H33N. The lowest BCUT2D eigenvalue weighted by atomic mass is 9.66. The van der Waals surface area contributed by atoms with Crippen molar-refractivity contribution in [3.63, 3.8) is 0 Å². The molecule has 2 fully saturated rings. The van der Waals surface area contributed by atoms with E-state index in [1.54, 1.807) is 0 Å². The summed E-state index contributed by atoms with van der Waals surface area (Å²) in [5.41, 5.74) is 7.05. The summed E-state index contributed by atoms with van der Waals surface area (Å²) in [5.74, 6) is 3.54. The SMILES string of the molecule is CCC1CCCC(N)(C2CC(C)CC(C)C2)CC1. The molecule has 106 valence electrons. The minimum Gasteiger partial charge on any atom is -0.325 e. The lowest BCUT2D eigenvalue weighted by Crippen LogP contribution is -2.49. The average molecular weight is 251 g/mol. The molecule has 4 atom stereocenters. The quantitative estimate of drug-likeness (QED) is 0.704. The smallest absolute Gasteiger partial charge is 0.0183 e. The van der Waals surface area contributed by atoms with Gasteiger partial charge in [0, 0.05) is 5.54 Å². The molecule has 1 heteroatoms. The zero-order valence-corrected chi connectivity index (χ0v) is 12.8. The summed E-state index contributed by atoms with van der Waals surface area (Å²) in [5, 5.41) is 0. The maximum absolute atomic E-state index is 6.88. The molecule has 4 unspecified atom stereocenters. The molecule has 0 aromatic carbocycles. The fourth-order valence-corrected chi connectivity index (χ4v) is 4.69. The molecule has 0 aromatic rings. The molecule has 18 heavy (non-hydrogen) atoms. The van der Waals surface area contributed by atoms with Gasteiger partial charge in [-0.15, -0.1) is 0 Å². The van der Waals surface area contributed by atoms with Crippen LogP contribution < -0.4 is 5.73 Å². The minimum absolute atomic E-state index is 0.173. The summed E-state index contributed by atoms with van der Waals surface area (Å²) in [6.45, 7) is 7.20. The Morgan fingerprint density at radius 3 is 2.28 bits per heavy atom. The van der Waals surface area contributed by atoms with Gasteiger partial charge >= 0.3 is 0 Å². The second-order valence-corrected chi connectivity index (χ2v) is 7.55. The van der Waals surface area contributed by atoms with Gasteiger partial charge < -0.3 is 5.73 Å². The first-order chi connectivity index (χ1) is 8.53. The Hall–Kier alpha value is -0.0400. The van der Waals surface area contributed by atoms with E-state index in [2.05, 4.69) is 20.8 Å². The van der Waals surface area contributed by atoms with E-state index in [0.717, 1.165) is 23.7 Å². The number of rotatable bonds is 2.